The number of amides is 2. The summed E-state index contributed by atoms with van der Waals surface area (Å²) in [6.07, 6.45) is 2.76. The zero-order valence-electron chi connectivity index (χ0n) is 13.9. The average Bonchev–Trinajstić information content (AvgIpc) is 3.35. The van der Waals surface area contributed by atoms with Crippen molar-refractivity contribution in [3.05, 3.63) is 35.9 Å². The Morgan fingerprint density at radius 2 is 1.91 bits per heavy atom. The number of rotatable bonds is 6. The first-order valence-electron chi connectivity index (χ1n) is 8.31. The topological polar surface area (TPSA) is 52.6 Å². The van der Waals surface area contributed by atoms with E-state index in [1.807, 2.05) is 37.4 Å². The summed E-state index contributed by atoms with van der Waals surface area (Å²) >= 11 is 0. The number of carbonyl (C=O) groups is 2. The van der Waals surface area contributed by atoms with Crippen LogP contribution >= 0.6 is 0 Å². The number of likely N-dealkylation sites (N-methyl/N-ethyl adjacent to an activating group) is 2. The molecule has 1 saturated heterocycles. The predicted octanol–water partition coefficient (Wildman–Crippen LogP) is 0.997. The molecule has 2 fully saturated rings. The van der Waals surface area contributed by atoms with Gasteiger partial charge in [-0.15, -0.1) is 0 Å². The van der Waals surface area contributed by atoms with Crippen LogP contribution in [-0.4, -0.2) is 61.4 Å². The molecule has 5 nitrogen and oxygen atoms in total. The number of hydrogen-bond donors (Lipinski definition) is 1. The van der Waals surface area contributed by atoms with Crippen molar-refractivity contribution in [1.29, 1.82) is 0 Å². The lowest BCUT2D eigenvalue weighted by Gasteiger charge is -2.32. The molecular formula is C18H25N3O2. The molecule has 1 saturated carbocycles. The fourth-order valence-electron chi connectivity index (χ4n) is 3.36. The zero-order chi connectivity index (χ0) is 16.4. The van der Waals surface area contributed by atoms with Gasteiger partial charge in [0.15, 0.2) is 0 Å². The van der Waals surface area contributed by atoms with Crippen molar-refractivity contribution in [2.45, 2.75) is 30.7 Å². The molecule has 5 heteroatoms. The Balaban J connectivity index is 1.74. The van der Waals surface area contributed by atoms with Gasteiger partial charge in [-0.1, -0.05) is 30.3 Å². The third-order valence-corrected chi connectivity index (χ3v) is 5.09. The third-order valence-electron chi connectivity index (χ3n) is 5.09. The predicted molar refractivity (Wildman–Crippen MR) is 89.0 cm³/mol. The van der Waals surface area contributed by atoms with Crippen LogP contribution in [0, 0.1) is 0 Å². The quantitative estimate of drug-likeness (QED) is 0.852. The fourth-order valence-corrected chi connectivity index (χ4v) is 3.36. The molecule has 1 aliphatic carbocycles. The molecule has 23 heavy (non-hydrogen) atoms. The van der Waals surface area contributed by atoms with E-state index in [2.05, 4.69) is 17.3 Å². The maximum absolute atomic E-state index is 13.1. The van der Waals surface area contributed by atoms with Crippen LogP contribution in [0.4, 0.5) is 0 Å². The average molecular weight is 315 g/mol. The standard InChI is InChI=1S/C18H25N3O2/c1-20(15-8-9-15)10-11-21(2)17(23)18(12-16(22)19-13-18)14-6-4-3-5-7-14/h3-7,15H,8-13H2,1-2H3,(H,19,22)/t18-/m1/s1. The van der Waals surface area contributed by atoms with Crippen LogP contribution in [0.5, 0.6) is 0 Å². The monoisotopic (exact) mass is 315 g/mol. The second-order valence-electron chi connectivity index (χ2n) is 6.84. The summed E-state index contributed by atoms with van der Waals surface area (Å²) in [7, 11) is 3.96. The van der Waals surface area contributed by atoms with E-state index in [1.54, 1.807) is 4.90 Å². The molecule has 1 aromatic carbocycles. The van der Waals surface area contributed by atoms with E-state index in [4.69, 9.17) is 0 Å². The Morgan fingerprint density at radius 1 is 1.22 bits per heavy atom. The van der Waals surface area contributed by atoms with Crippen LogP contribution in [0.25, 0.3) is 0 Å². The van der Waals surface area contributed by atoms with Crippen molar-refractivity contribution < 1.29 is 9.59 Å². The van der Waals surface area contributed by atoms with Gasteiger partial charge in [0.25, 0.3) is 0 Å². The van der Waals surface area contributed by atoms with Crippen molar-refractivity contribution in [1.82, 2.24) is 15.1 Å². The van der Waals surface area contributed by atoms with Crippen LogP contribution in [-0.2, 0) is 15.0 Å². The van der Waals surface area contributed by atoms with Gasteiger partial charge in [-0.25, -0.2) is 0 Å². The highest BCUT2D eigenvalue weighted by Gasteiger charge is 2.47. The van der Waals surface area contributed by atoms with Gasteiger partial charge in [0.2, 0.25) is 11.8 Å². The second-order valence-corrected chi connectivity index (χ2v) is 6.84. The highest BCUT2D eigenvalue weighted by atomic mass is 16.2. The minimum atomic E-state index is -0.759. The van der Waals surface area contributed by atoms with E-state index in [-0.39, 0.29) is 18.2 Å². The lowest BCUT2D eigenvalue weighted by Crippen LogP contribution is -2.48. The fraction of sp³-hybridized carbons (Fsp3) is 0.556. The first-order chi connectivity index (χ1) is 11.0. The van der Waals surface area contributed by atoms with Crippen molar-refractivity contribution in [3.63, 3.8) is 0 Å². The van der Waals surface area contributed by atoms with Crippen molar-refractivity contribution in [2.24, 2.45) is 0 Å². The molecular weight excluding hydrogens is 290 g/mol. The molecule has 1 aromatic rings. The Hall–Kier alpha value is -1.88. The maximum Gasteiger partial charge on any atom is 0.235 e. The summed E-state index contributed by atoms with van der Waals surface area (Å²) in [6.45, 7) is 1.95. The molecule has 2 aliphatic rings. The Bertz CT molecular complexity index is 585. The van der Waals surface area contributed by atoms with Crippen LogP contribution in [0.2, 0.25) is 0 Å². The minimum Gasteiger partial charge on any atom is -0.355 e. The zero-order valence-corrected chi connectivity index (χ0v) is 13.9. The van der Waals surface area contributed by atoms with Gasteiger partial charge in [0, 0.05) is 39.1 Å². The van der Waals surface area contributed by atoms with Crippen LogP contribution in [0.3, 0.4) is 0 Å². The van der Waals surface area contributed by atoms with Crippen LogP contribution in [0.15, 0.2) is 30.3 Å². The maximum atomic E-state index is 13.1. The molecule has 124 valence electrons. The van der Waals surface area contributed by atoms with E-state index < -0.39 is 5.41 Å². The number of carbonyl (C=O) groups excluding carboxylic acids is 2. The van der Waals surface area contributed by atoms with E-state index in [0.717, 1.165) is 12.1 Å². The molecule has 0 spiro atoms. The molecule has 2 amide bonds. The van der Waals surface area contributed by atoms with E-state index in [1.165, 1.54) is 12.8 Å². The highest BCUT2D eigenvalue weighted by molar-refractivity contribution is 5.97. The van der Waals surface area contributed by atoms with E-state index in [0.29, 0.717) is 19.1 Å². The number of nitrogens with zero attached hydrogens (tertiary/aromatic N) is 2. The highest BCUT2D eigenvalue weighted by Crippen LogP contribution is 2.33. The summed E-state index contributed by atoms with van der Waals surface area (Å²) in [4.78, 5) is 29.1. The molecule has 0 bridgehead atoms. The van der Waals surface area contributed by atoms with Gasteiger partial charge in [-0.3, -0.25) is 9.59 Å². The smallest absolute Gasteiger partial charge is 0.235 e. The Morgan fingerprint density at radius 3 is 2.48 bits per heavy atom. The first kappa shape index (κ1) is 16.0. The minimum absolute atomic E-state index is 0.0336. The Labute approximate surface area is 137 Å². The molecule has 1 N–H and O–H groups in total. The summed E-state index contributed by atoms with van der Waals surface area (Å²) in [5.74, 6) is -0.0167. The van der Waals surface area contributed by atoms with Gasteiger partial charge in [-0.05, 0) is 25.5 Å². The summed E-state index contributed by atoms with van der Waals surface area (Å²) < 4.78 is 0. The van der Waals surface area contributed by atoms with Crippen molar-refractivity contribution in [3.8, 4) is 0 Å². The van der Waals surface area contributed by atoms with E-state index >= 15 is 0 Å². The molecule has 0 unspecified atom stereocenters. The Kier molecular flexibility index (Phi) is 4.39. The molecule has 3 rings (SSSR count). The summed E-state index contributed by atoms with van der Waals surface area (Å²) in [6, 6.07) is 10.4. The van der Waals surface area contributed by atoms with Crippen LogP contribution < -0.4 is 5.32 Å². The second kappa shape index (κ2) is 6.32. The molecule has 1 atom stereocenters. The summed E-state index contributed by atoms with van der Waals surface area (Å²) in [5, 5.41) is 2.84. The number of hydrogen-bond acceptors (Lipinski definition) is 3. The van der Waals surface area contributed by atoms with E-state index in [9.17, 15) is 9.59 Å². The first-order valence-corrected chi connectivity index (χ1v) is 8.31. The van der Waals surface area contributed by atoms with Crippen molar-refractivity contribution >= 4 is 11.8 Å². The summed E-state index contributed by atoms with van der Waals surface area (Å²) in [5.41, 5.74) is 0.163. The lowest BCUT2D eigenvalue weighted by atomic mass is 9.78. The van der Waals surface area contributed by atoms with Gasteiger partial charge in [-0.2, -0.15) is 0 Å². The third kappa shape index (κ3) is 3.24. The lowest BCUT2D eigenvalue weighted by molar-refractivity contribution is -0.136. The molecule has 1 heterocycles. The SMILES string of the molecule is CN(CCN(C)C1CC1)C(=O)[C@@]1(c2ccccc2)CNC(=O)C1. The molecule has 1 aliphatic heterocycles. The number of nitrogens with one attached hydrogen (secondary N) is 1. The van der Waals surface area contributed by atoms with Gasteiger partial charge in [0.05, 0.1) is 0 Å². The van der Waals surface area contributed by atoms with Gasteiger partial charge < -0.3 is 15.1 Å². The van der Waals surface area contributed by atoms with Crippen LogP contribution in [0.1, 0.15) is 24.8 Å². The normalized spacial score (nSPS) is 23.9. The van der Waals surface area contributed by atoms with Gasteiger partial charge >= 0.3 is 0 Å². The largest absolute Gasteiger partial charge is 0.355 e. The number of benzene rings is 1. The molecule has 0 radical (unpaired) electrons. The molecule has 0 aromatic heterocycles. The van der Waals surface area contributed by atoms with Gasteiger partial charge in [0.1, 0.15) is 5.41 Å². The van der Waals surface area contributed by atoms with Crippen molar-refractivity contribution in [2.75, 3.05) is 33.7 Å².